The highest BCUT2D eigenvalue weighted by molar-refractivity contribution is 5.87. The second-order valence-electron chi connectivity index (χ2n) is 6.00. The van der Waals surface area contributed by atoms with Gasteiger partial charge in [0.25, 0.3) is 0 Å². The van der Waals surface area contributed by atoms with Gasteiger partial charge in [-0.3, -0.25) is 0 Å². The Balaban J connectivity index is 0.000000238. The molecule has 23 heavy (non-hydrogen) atoms. The molecular formula is C16H23FN2O4. The predicted molar refractivity (Wildman–Crippen MR) is 84.0 cm³/mol. The summed E-state index contributed by atoms with van der Waals surface area (Å²) in [4.78, 5) is 23.4. The molecule has 128 valence electrons. The monoisotopic (exact) mass is 326 g/mol. The zero-order valence-corrected chi connectivity index (χ0v) is 13.6. The summed E-state index contributed by atoms with van der Waals surface area (Å²) in [5.74, 6) is -1.94. The second kappa shape index (κ2) is 8.47. The first-order valence-corrected chi connectivity index (χ1v) is 7.37. The van der Waals surface area contributed by atoms with Crippen LogP contribution < -0.4 is 5.32 Å². The number of carbonyl (C=O) groups is 2. The van der Waals surface area contributed by atoms with Gasteiger partial charge in [0.05, 0.1) is 5.56 Å². The minimum atomic E-state index is -1.24. The van der Waals surface area contributed by atoms with Crippen molar-refractivity contribution in [2.75, 3.05) is 26.2 Å². The number of carboxylic acids is 1. The number of rotatable bonds is 1. The average Bonchev–Trinajstić information content (AvgIpc) is 2.47. The standard InChI is InChI=1S/C9H18N2O2.C7H5FO2/c1-9(2,3)13-8(12)11-6-4-10-5-7-11;8-6-4-2-1-3-5(6)7(9)10/h10H,4-7H2,1-3H3;1-4H,(H,9,10). The van der Waals surface area contributed by atoms with Crippen molar-refractivity contribution < 1.29 is 23.8 Å². The van der Waals surface area contributed by atoms with E-state index in [0.717, 1.165) is 32.2 Å². The molecule has 0 aliphatic carbocycles. The SMILES string of the molecule is CC(C)(C)OC(=O)N1CCNCC1.O=C(O)c1ccccc1F. The van der Waals surface area contributed by atoms with Crippen molar-refractivity contribution in [3.8, 4) is 0 Å². The highest BCUT2D eigenvalue weighted by Gasteiger charge is 2.22. The van der Waals surface area contributed by atoms with E-state index in [1.807, 2.05) is 20.8 Å². The van der Waals surface area contributed by atoms with Crippen LogP contribution in [0.4, 0.5) is 9.18 Å². The first-order valence-electron chi connectivity index (χ1n) is 7.37. The van der Waals surface area contributed by atoms with Gasteiger partial charge in [-0.2, -0.15) is 0 Å². The van der Waals surface area contributed by atoms with E-state index in [4.69, 9.17) is 9.84 Å². The van der Waals surface area contributed by atoms with E-state index in [1.165, 1.54) is 18.2 Å². The molecule has 1 saturated heterocycles. The number of hydrogen-bond donors (Lipinski definition) is 2. The molecule has 2 rings (SSSR count). The Morgan fingerprint density at radius 2 is 1.78 bits per heavy atom. The molecular weight excluding hydrogens is 303 g/mol. The van der Waals surface area contributed by atoms with Gasteiger partial charge < -0.3 is 20.1 Å². The van der Waals surface area contributed by atoms with Crippen LogP contribution in [-0.4, -0.2) is 53.8 Å². The first kappa shape index (κ1) is 18.9. The van der Waals surface area contributed by atoms with E-state index < -0.39 is 11.8 Å². The van der Waals surface area contributed by atoms with Gasteiger partial charge in [-0.05, 0) is 32.9 Å². The van der Waals surface area contributed by atoms with Gasteiger partial charge in [0.1, 0.15) is 11.4 Å². The molecule has 0 aromatic heterocycles. The van der Waals surface area contributed by atoms with Crippen molar-refractivity contribution in [2.24, 2.45) is 0 Å². The molecule has 1 amide bonds. The number of benzene rings is 1. The highest BCUT2D eigenvalue weighted by Crippen LogP contribution is 2.10. The molecule has 6 nitrogen and oxygen atoms in total. The molecule has 0 radical (unpaired) electrons. The molecule has 0 atom stereocenters. The van der Waals surface area contributed by atoms with Gasteiger partial charge in [-0.25, -0.2) is 14.0 Å². The van der Waals surface area contributed by atoms with E-state index in [9.17, 15) is 14.0 Å². The van der Waals surface area contributed by atoms with Crippen molar-refractivity contribution >= 4 is 12.1 Å². The zero-order valence-electron chi connectivity index (χ0n) is 13.6. The van der Waals surface area contributed by atoms with Crippen LogP contribution in [0.5, 0.6) is 0 Å². The van der Waals surface area contributed by atoms with Crippen LogP contribution in [0.2, 0.25) is 0 Å². The summed E-state index contributed by atoms with van der Waals surface area (Å²) >= 11 is 0. The number of hydrogen-bond acceptors (Lipinski definition) is 4. The Hall–Kier alpha value is -2.15. The molecule has 1 heterocycles. The van der Waals surface area contributed by atoms with E-state index in [1.54, 1.807) is 4.90 Å². The van der Waals surface area contributed by atoms with E-state index >= 15 is 0 Å². The summed E-state index contributed by atoms with van der Waals surface area (Å²) in [6.45, 7) is 8.86. The first-order chi connectivity index (χ1) is 10.7. The van der Waals surface area contributed by atoms with Crippen LogP contribution in [0.1, 0.15) is 31.1 Å². The number of ether oxygens (including phenoxy) is 1. The molecule has 1 aliphatic rings. The minimum Gasteiger partial charge on any atom is -0.478 e. The number of carboxylic acid groups (broad SMARTS) is 1. The predicted octanol–water partition coefficient (Wildman–Crippen LogP) is 2.35. The lowest BCUT2D eigenvalue weighted by atomic mass is 10.2. The number of halogens is 1. The van der Waals surface area contributed by atoms with Gasteiger partial charge in [-0.1, -0.05) is 12.1 Å². The van der Waals surface area contributed by atoms with E-state index in [0.29, 0.717) is 0 Å². The number of piperazine rings is 1. The van der Waals surface area contributed by atoms with Gasteiger partial charge >= 0.3 is 12.1 Å². The van der Waals surface area contributed by atoms with Gasteiger partial charge in [-0.15, -0.1) is 0 Å². The number of aromatic carboxylic acids is 1. The normalized spacial score (nSPS) is 14.5. The van der Waals surface area contributed by atoms with Gasteiger partial charge in [0, 0.05) is 26.2 Å². The maximum atomic E-state index is 12.5. The van der Waals surface area contributed by atoms with Crippen molar-refractivity contribution in [2.45, 2.75) is 26.4 Å². The zero-order chi connectivity index (χ0) is 17.5. The van der Waals surface area contributed by atoms with Crippen molar-refractivity contribution in [3.05, 3.63) is 35.6 Å². The van der Waals surface area contributed by atoms with Crippen LogP contribution in [0, 0.1) is 5.82 Å². The number of carbonyl (C=O) groups excluding carboxylic acids is 1. The van der Waals surface area contributed by atoms with Crippen LogP contribution in [0.3, 0.4) is 0 Å². The minimum absolute atomic E-state index is 0.200. The van der Waals surface area contributed by atoms with Crippen molar-refractivity contribution in [1.29, 1.82) is 0 Å². The van der Waals surface area contributed by atoms with Crippen molar-refractivity contribution in [1.82, 2.24) is 10.2 Å². The average molecular weight is 326 g/mol. The largest absolute Gasteiger partial charge is 0.478 e. The smallest absolute Gasteiger partial charge is 0.410 e. The fourth-order valence-electron chi connectivity index (χ4n) is 1.81. The van der Waals surface area contributed by atoms with E-state index in [-0.39, 0.29) is 17.3 Å². The Kier molecular flexibility index (Phi) is 6.96. The third-order valence-corrected chi connectivity index (χ3v) is 2.87. The lowest BCUT2D eigenvalue weighted by Crippen LogP contribution is -2.48. The summed E-state index contributed by atoms with van der Waals surface area (Å²) in [7, 11) is 0. The molecule has 1 aromatic rings. The molecule has 2 N–H and O–H groups in total. The second-order valence-corrected chi connectivity index (χ2v) is 6.00. The molecule has 0 spiro atoms. The fourth-order valence-corrected chi connectivity index (χ4v) is 1.81. The van der Waals surface area contributed by atoms with Crippen LogP contribution >= 0.6 is 0 Å². The summed E-state index contributed by atoms with van der Waals surface area (Å²) in [6.07, 6.45) is -0.200. The maximum absolute atomic E-state index is 12.5. The summed E-state index contributed by atoms with van der Waals surface area (Å²) in [6, 6.07) is 5.26. The third-order valence-electron chi connectivity index (χ3n) is 2.87. The molecule has 7 heteroatoms. The van der Waals surface area contributed by atoms with Crippen LogP contribution in [-0.2, 0) is 4.74 Å². The lowest BCUT2D eigenvalue weighted by Gasteiger charge is -2.30. The Morgan fingerprint density at radius 1 is 1.22 bits per heavy atom. The summed E-state index contributed by atoms with van der Waals surface area (Å²) in [5.41, 5.74) is -0.676. The summed E-state index contributed by atoms with van der Waals surface area (Å²) in [5, 5.41) is 11.5. The van der Waals surface area contributed by atoms with Crippen LogP contribution in [0.15, 0.2) is 24.3 Å². The fraction of sp³-hybridized carbons (Fsp3) is 0.500. The quantitative estimate of drug-likeness (QED) is 0.828. The lowest BCUT2D eigenvalue weighted by molar-refractivity contribution is 0.0228. The molecule has 0 bridgehead atoms. The number of nitrogens with one attached hydrogen (secondary N) is 1. The maximum Gasteiger partial charge on any atom is 0.410 e. The molecule has 1 aliphatic heterocycles. The molecule has 1 fully saturated rings. The third kappa shape index (κ3) is 7.10. The summed E-state index contributed by atoms with van der Waals surface area (Å²) < 4.78 is 17.7. The highest BCUT2D eigenvalue weighted by atomic mass is 19.1. The number of nitrogens with zero attached hydrogens (tertiary/aromatic N) is 1. The Bertz CT molecular complexity index is 537. The van der Waals surface area contributed by atoms with Gasteiger partial charge in [0.15, 0.2) is 0 Å². The number of amides is 1. The Labute approximate surface area is 135 Å². The Morgan fingerprint density at radius 3 is 2.22 bits per heavy atom. The van der Waals surface area contributed by atoms with E-state index in [2.05, 4.69) is 5.32 Å². The molecule has 1 aromatic carbocycles. The topological polar surface area (TPSA) is 78.9 Å². The van der Waals surface area contributed by atoms with Crippen molar-refractivity contribution in [3.63, 3.8) is 0 Å². The van der Waals surface area contributed by atoms with Gasteiger partial charge in [0.2, 0.25) is 0 Å². The molecule has 0 saturated carbocycles. The molecule has 0 unspecified atom stereocenters. The van der Waals surface area contributed by atoms with Crippen LogP contribution in [0.25, 0.3) is 0 Å².